The fraction of sp³-hybridized carbons (Fsp3) is 0.238. The monoisotopic (exact) mass is 447 g/mol. The molecule has 158 valence electrons. The van der Waals surface area contributed by atoms with Crippen LogP contribution in [0.1, 0.15) is 47.2 Å². The average Bonchev–Trinajstić information content (AvgIpc) is 3.09. The maximum atomic E-state index is 13.4. The molecule has 0 saturated heterocycles. The number of sulfone groups is 2. The van der Waals surface area contributed by atoms with Gasteiger partial charge in [-0.3, -0.25) is 9.59 Å². The molecular weight excluding hydrogens is 426 g/mol. The van der Waals surface area contributed by atoms with Gasteiger partial charge >= 0.3 is 0 Å². The van der Waals surface area contributed by atoms with Gasteiger partial charge in [0.05, 0.1) is 17.0 Å². The average molecular weight is 448 g/mol. The summed E-state index contributed by atoms with van der Waals surface area (Å²) < 4.78 is 53.2. The van der Waals surface area contributed by atoms with E-state index in [4.69, 9.17) is 0 Å². The van der Waals surface area contributed by atoms with Gasteiger partial charge in [0.1, 0.15) is 15.5 Å². The van der Waals surface area contributed by atoms with Gasteiger partial charge in [-0.1, -0.05) is 44.2 Å². The lowest BCUT2D eigenvalue weighted by atomic mass is 10.1. The van der Waals surface area contributed by atoms with Gasteiger partial charge in [0.25, 0.3) is 0 Å². The Morgan fingerprint density at radius 1 is 0.800 bits per heavy atom. The fourth-order valence-corrected chi connectivity index (χ4v) is 6.30. The first-order valence-corrected chi connectivity index (χ1v) is 12.6. The van der Waals surface area contributed by atoms with Crippen LogP contribution < -0.4 is 0 Å². The van der Waals surface area contributed by atoms with Crippen LogP contribution in [0.2, 0.25) is 0 Å². The Hall–Kier alpha value is -2.78. The number of carbonyl (C=O) groups is 2. The molecule has 3 aromatic rings. The molecule has 0 spiro atoms. The van der Waals surface area contributed by atoms with Gasteiger partial charge in [-0.25, -0.2) is 16.8 Å². The molecule has 3 rings (SSSR count). The van der Waals surface area contributed by atoms with E-state index in [1.54, 1.807) is 18.2 Å². The van der Waals surface area contributed by atoms with Crippen molar-refractivity contribution in [1.82, 2.24) is 4.40 Å². The van der Waals surface area contributed by atoms with Crippen LogP contribution in [-0.4, -0.2) is 44.3 Å². The Morgan fingerprint density at radius 2 is 1.37 bits per heavy atom. The Labute approximate surface area is 175 Å². The van der Waals surface area contributed by atoms with Gasteiger partial charge in [0, 0.05) is 17.3 Å². The van der Waals surface area contributed by atoms with Crippen LogP contribution in [0.25, 0.3) is 5.52 Å². The van der Waals surface area contributed by atoms with Gasteiger partial charge in [-0.15, -0.1) is 0 Å². The number of hydrogen-bond acceptors (Lipinski definition) is 6. The topological polar surface area (TPSA) is 107 Å². The van der Waals surface area contributed by atoms with Gasteiger partial charge in [0.2, 0.25) is 5.78 Å². The van der Waals surface area contributed by atoms with E-state index in [1.807, 2.05) is 0 Å². The Bertz CT molecular complexity index is 1370. The molecule has 0 N–H and O–H groups in total. The number of benzene rings is 1. The lowest BCUT2D eigenvalue weighted by Gasteiger charge is -2.08. The summed E-state index contributed by atoms with van der Waals surface area (Å²) in [4.78, 5) is 24.4. The maximum Gasteiger partial charge on any atom is 0.211 e. The third-order valence-corrected chi connectivity index (χ3v) is 8.59. The summed E-state index contributed by atoms with van der Waals surface area (Å²) in [5.41, 5.74) is 0.194. The molecule has 2 heterocycles. The first-order valence-electron chi connectivity index (χ1n) is 9.29. The summed E-state index contributed by atoms with van der Waals surface area (Å²) in [6, 6.07) is 10.8. The number of aromatic nitrogens is 1. The van der Waals surface area contributed by atoms with E-state index in [2.05, 4.69) is 0 Å². The van der Waals surface area contributed by atoms with Crippen molar-refractivity contribution >= 4 is 36.8 Å². The molecule has 0 aliphatic heterocycles. The van der Waals surface area contributed by atoms with E-state index in [9.17, 15) is 26.4 Å². The van der Waals surface area contributed by atoms with Crippen molar-refractivity contribution in [3.63, 3.8) is 0 Å². The maximum absolute atomic E-state index is 13.4. The quantitative estimate of drug-likeness (QED) is 0.516. The van der Waals surface area contributed by atoms with Gasteiger partial charge in [-0.2, -0.15) is 0 Å². The van der Waals surface area contributed by atoms with Gasteiger partial charge in [-0.05, 0) is 19.1 Å². The van der Waals surface area contributed by atoms with Crippen molar-refractivity contribution in [1.29, 1.82) is 0 Å². The zero-order chi connectivity index (χ0) is 22.3. The minimum Gasteiger partial charge on any atom is -0.310 e. The third kappa shape index (κ3) is 3.59. The highest BCUT2D eigenvalue weighted by atomic mass is 32.2. The Morgan fingerprint density at radius 3 is 1.90 bits per heavy atom. The molecule has 0 saturated carbocycles. The molecule has 0 unspecified atom stereocenters. The summed E-state index contributed by atoms with van der Waals surface area (Å²) in [7, 11) is -8.12. The molecule has 0 fully saturated rings. The number of Topliss-reactive ketones (excluding diaryl/α,β-unsaturated/α-hetero) is 1. The lowest BCUT2D eigenvalue weighted by molar-refractivity contribution is 0.101. The highest BCUT2D eigenvalue weighted by Gasteiger charge is 2.36. The van der Waals surface area contributed by atoms with Crippen LogP contribution in [0.5, 0.6) is 0 Å². The first kappa shape index (κ1) is 21.9. The fourth-order valence-electron chi connectivity index (χ4n) is 3.23. The minimum absolute atomic E-state index is 0.0492. The molecule has 0 amide bonds. The molecule has 0 aliphatic rings. The molecular formula is C21H21NO6S2. The van der Waals surface area contributed by atoms with Crippen LogP contribution in [-0.2, 0) is 19.7 Å². The molecule has 2 aromatic heterocycles. The largest absolute Gasteiger partial charge is 0.310 e. The van der Waals surface area contributed by atoms with Crippen molar-refractivity contribution in [2.24, 2.45) is 0 Å². The summed E-state index contributed by atoms with van der Waals surface area (Å²) in [5.74, 6) is -1.67. The van der Waals surface area contributed by atoms with Gasteiger partial charge in [0.15, 0.2) is 25.5 Å². The minimum atomic E-state index is -4.11. The van der Waals surface area contributed by atoms with Crippen LogP contribution in [0.4, 0.5) is 0 Å². The van der Waals surface area contributed by atoms with Crippen molar-refractivity contribution < 1.29 is 26.4 Å². The predicted molar refractivity (Wildman–Crippen MR) is 113 cm³/mol. The number of fused-ring (bicyclic) bond motifs is 1. The zero-order valence-electron chi connectivity index (χ0n) is 16.7. The number of pyridine rings is 1. The van der Waals surface area contributed by atoms with Crippen LogP contribution in [0.15, 0.2) is 58.5 Å². The van der Waals surface area contributed by atoms with E-state index in [1.165, 1.54) is 55.6 Å². The third-order valence-electron chi connectivity index (χ3n) is 4.88. The molecule has 0 radical (unpaired) electrons. The zero-order valence-corrected chi connectivity index (χ0v) is 18.4. The van der Waals surface area contributed by atoms with Crippen LogP contribution >= 0.6 is 0 Å². The molecule has 9 heteroatoms. The van der Waals surface area contributed by atoms with Crippen molar-refractivity contribution in [3.8, 4) is 0 Å². The Balaban J connectivity index is 2.60. The van der Waals surface area contributed by atoms with Crippen molar-refractivity contribution in [2.75, 3.05) is 11.5 Å². The van der Waals surface area contributed by atoms with E-state index in [0.29, 0.717) is 0 Å². The summed E-state index contributed by atoms with van der Waals surface area (Å²) in [6.45, 7) is 4.12. The molecule has 7 nitrogen and oxygen atoms in total. The van der Waals surface area contributed by atoms with Crippen molar-refractivity contribution in [2.45, 2.75) is 30.6 Å². The second-order valence-electron chi connectivity index (χ2n) is 6.74. The second kappa shape index (κ2) is 7.81. The smallest absolute Gasteiger partial charge is 0.211 e. The molecule has 1 aromatic carbocycles. The standard InChI is InChI=1S/C21H21NO6S2/c1-4-29(25,26)20-17-12-11-16(14(3)23)13-22(17)18(21(20)30(27,28)5-2)19(24)15-9-7-6-8-10-15/h6-13H,4-5H2,1-3H3. The number of nitrogens with zero attached hydrogens (tertiary/aromatic N) is 1. The van der Waals surface area contributed by atoms with E-state index in [-0.39, 0.29) is 39.6 Å². The Kier molecular flexibility index (Phi) is 5.70. The summed E-state index contributed by atoms with van der Waals surface area (Å²) in [5, 5.41) is 0. The number of rotatable bonds is 7. The number of hydrogen-bond donors (Lipinski definition) is 0. The molecule has 30 heavy (non-hydrogen) atoms. The highest BCUT2D eigenvalue weighted by molar-refractivity contribution is 7.94. The predicted octanol–water partition coefficient (Wildman–Crippen LogP) is 2.96. The first-order chi connectivity index (χ1) is 14.0. The molecule has 0 atom stereocenters. The number of carbonyl (C=O) groups excluding carboxylic acids is 2. The molecule has 0 bridgehead atoms. The van der Waals surface area contributed by atoms with Gasteiger partial charge < -0.3 is 4.40 Å². The van der Waals surface area contributed by atoms with Crippen molar-refractivity contribution in [3.05, 3.63) is 65.5 Å². The highest BCUT2D eigenvalue weighted by Crippen LogP contribution is 2.35. The lowest BCUT2D eigenvalue weighted by Crippen LogP contribution is -2.16. The SMILES string of the molecule is CCS(=O)(=O)c1c(S(=O)(=O)CC)c2ccc(C(C)=O)cn2c1C(=O)c1ccccc1. The summed E-state index contributed by atoms with van der Waals surface area (Å²) >= 11 is 0. The van der Waals surface area contributed by atoms with E-state index < -0.39 is 35.2 Å². The normalized spacial score (nSPS) is 12.2. The van der Waals surface area contributed by atoms with E-state index in [0.717, 1.165) is 0 Å². The number of ketones is 2. The molecule has 0 aliphatic carbocycles. The van der Waals surface area contributed by atoms with Crippen LogP contribution in [0.3, 0.4) is 0 Å². The van der Waals surface area contributed by atoms with Crippen LogP contribution in [0, 0.1) is 0 Å². The van der Waals surface area contributed by atoms with E-state index >= 15 is 0 Å². The second-order valence-corrected chi connectivity index (χ2v) is 11.2. The summed E-state index contributed by atoms with van der Waals surface area (Å²) in [6.07, 6.45) is 1.32.